The van der Waals surface area contributed by atoms with Crippen molar-refractivity contribution >= 4 is 13.7 Å². The summed E-state index contributed by atoms with van der Waals surface area (Å²) < 4.78 is 10.8. The Morgan fingerprint density at radius 3 is 0.689 bits per heavy atom. The highest BCUT2D eigenvalue weighted by molar-refractivity contribution is 7.51. The molecule has 0 radical (unpaired) electrons. The third-order valence-electron chi connectivity index (χ3n) is 9.53. The molecule has 0 amide bonds. The Labute approximate surface area is 281 Å². The van der Waals surface area contributed by atoms with Gasteiger partial charge in [0.05, 0.1) is 6.54 Å². The van der Waals surface area contributed by atoms with Crippen molar-refractivity contribution in [3.05, 3.63) is 0 Å². The summed E-state index contributed by atoms with van der Waals surface area (Å²) in [6.45, 7) is 0.662. The molecule has 0 aliphatic carbocycles. The minimum Gasteiger partial charge on any atom is -0.324 e. The van der Waals surface area contributed by atoms with Gasteiger partial charge >= 0.3 is 7.60 Å². The molecule has 0 atom stereocenters. The molecule has 268 valence electrons. The average Bonchev–Trinajstić information content (AvgIpc) is 3.01. The number of hydrogen-bond acceptors (Lipinski definition) is 3. The second-order valence-electron chi connectivity index (χ2n) is 14.1. The molecule has 0 aliphatic heterocycles. The standard InChI is InChI=1S/C39H78NO4P/c41-39-40-37-35-33-31-29-27-25-23-21-19-17-15-13-11-9-7-5-3-1-2-4-6-8-10-12-14-16-18-20-22-24-26-28-30-32-34-36-38-45(42,43)44/h1-38H2,(H2,42,43,44). The van der Waals surface area contributed by atoms with Crippen molar-refractivity contribution in [3.63, 3.8) is 0 Å². The molecule has 0 saturated heterocycles. The highest BCUT2D eigenvalue weighted by atomic mass is 31.2. The molecular weight excluding hydrogens is 577 g/mol. The highest BCUT2D eigenvalue weighted by Crippen LogP contribution is 2.35. The molecule has 0 fully saturated rings. The molecule has 6 heteroatoms. The van der Waals surface area contributed by atoms with E-state index in [0.717, 1.165) is 19.3 Å². The van der Waals surface area contributed by atoms with Crippen LogP contribution in [0.4, 0.5) is 0 Å². The fourth-order valence-corrected chi connectivity index (χ4v) is 7.20. The van der Waals surface area contributed by atoms with Crippen molar-refractivity contribution in [2.75, 3.05) is 12.7 Å². The van der Waals surface area contributed by atoms with E-state index in [1.54, 1.807) is 6.08 Å². The number of aliphatic imine (C=N–C) groups is 1. The zero-order valence-electron chi connectivity index (χ0n) is 30.0. The van der Waals surface area contributed by atoms with Gasteiger partial charge in [-0.2, -0.15) is 0 Å². The normalized spacial score (nSPS) is 11.7. The van der Waals surface area contributed by atoms with Gasteiger partial charge in [0.25, 0.3) is 0 Å². The molecule has 0 aromatic rings. The Morgan fingerprint density at radius 1 is 0.333 bits per heavy atom. The summed E-state index contributed by atoms with van der Waals surface area (Å²) in [5.74, 6) is 0. The smallest absolute Gasteiger partial charge is 0.324 e. The molecule has 45 heavy (non-hydrogen) atoms. The molecule has 0 saturated carbocycles. The lowest BCUT2D eigenvalue weighted by atomic mass is 10.0. The minimum atomic E-state index is -3.78. The molecule has 0 spiro atoms. The summed E-state index contributed by atoms with van der Waals surface area (Å²) in [5, 5.41) is 0. The summed E-state index contributed by atoms with van der Waals surface area (Å²) in [7, 11) is -3.78. The first kappa shape index (κ1) is 44.5. The number of unbranched alkanes of at least 4 members (excludes halogenated alkanes) is 35. The van der Waals surface area contributed by atoms with Crippen molar-refractivity contribution in [2.45, 2.75) is 231 Å². The van der Waals surface area contributed by atoms with Gasteiger partial charge in [0, 0.05) is 6.16 Å². The van der Waals surface area contributed by atoms with Crippen molar-refractivity contribution in [2.24, 2.45) is 4.99 Å². The van der Waals surface area contributed by atoms with Crippen LogP contribution in [0.5, 0.6) is 0 Å². The fraction of sp³-hybridized carbons (Fsp3) is 0.974. The number of rotatable bonds is 39. The van der Waals surface area contributed by atoms with E-state index in [1.165, 1.54) is 205 Å². The van der Waals surface area contributed by atoms with Gasteiger partial charge < -0.3 is 9.79 Å². The van der Waals surface area contributed by atoms with Crippen LogP contribution in [0.15, 0.2) is 4.99 Å². The summed E-state index contributed by atoms with van der Waals surface area (Å²) >= 11 is 0. The van der Waals surface area contributed by atoms with Gasteiger partial charge in [0.1, 0.15) is 0 Å². The molecule has 0 aliphatic rings. The molecule has 5 nitrogen and oxygen atoms in total. The second-order valence-corrected chi connectivity index (χ2v) is 15.9. The summed E-state index contributed by atoms with van der Waals surface area (Å²) in [4.78, 5) is 31.3. The van der Waals surface area contributed by atoms with Crippen LogP contribution < -0.4 is 0 Å². The Hall–Kier alpha value is -0.470. The number of isocyanates is 1. The van der Waals surface area contributed by atoms with E-state index < -0.39 is 7.60 Å². The minimum absolute atomic E-state index is 0.0576. The van der Waals surface area contributed by atoms with Crippen molar-refractivity contribution in [1.29, 1.82) is 0 Å². The average molecular weight is 656 g/mol. The van der Waals surface area contributed by atoms with Crippen LogP contribution >= 0.6 is 7.60 Å². The third kappa shape index (κ3) is 43.5. The first-order chi connectivity index (χ1) is 22.1. The Bertz CT molecular complexity index is 661. The van der Waals surface area contributed by atoms with Gasteiger partial charge in [-0.3, -0.25) is 4.57 Å². The van der Waals surface area contributed by atoms with Gasteiger partial charge in [-0.1, -0.05) is 218 Å². The van der Waals surface area contributed by atoms with E-state index in [1.807, 2.05) is 0 Å². The van der Waals surface area contributed by atoms with Crippen molar-refractivity contribution in [1.82, 2.24) is 0 Å². The quantitative estimate of drug-likeness (QED) is 0.0298. The van der Waals surface area contributed by atoms with E-state index in [-0.39, 0.29) is 6.16 Å². The third-order valence-corrected chi connectivity index (χ3v) is 10.4. The van der Waals surface area contributed by atoms with Crippen molar-refractivity contribution in [3.8, 4) is 0 Å². The number of nitrogens with zero attached hydrogens (tertiary/aromatic N) is 1. The molecule has 0 heterocycles. The zero-order chi connectivity index (χ0) is 32.8. The van der Waals surface area contributed by atoms with E-state index in [9.17, 15) is 9.36 Å². The molecule has 2 N–H and O–H groups in total. The lowest BCUT2D eigenvalue weighted by Gasteiger charge is -2.05. The van der Waals surface area contributed by atoms with E-state index in [0.29, 0.717) is 13.0 Å². The maximum atomic E-state index is 10.8. The molecular formula is C39H78NO4P. The maximum absolute atomic E-state index is 10.8. The van der Waals surface area contributed by atoms with E-state index in [2.05, 4.69) is 4.99 Å². The van der Waals surface area contributed by atoms with Crippen LogP contribution in [-0.2, 0) is 9.36 Å². The second kappa shape index (κ2) is 38.0. The molecule has 0 aromatic heterocycles. The lowest BCUT2D eigenvalue weighted by Crippen LogP contribution is -1.88. The largest absolute Gasteiger partial charge is 0.325 e. The van der Waals surface area contributed by atoms with Crippen LogP contribution in [0.25, 0.3) is 0 Å². The summed E-state index contributed by atoms with van der Waals surface area (Å²) in [5.41, 5.74) is 0. The van der Waals surface area contributed by atoms with E-state index >= 15 is 0 Å². The monoisotopic (exact) mass is 656 g/mol. The predicted molar refractivity (Wildman–Crippen MR) is 196 cm³/mol. The maximum Gasteiger partial charge on any atom is 0.325 e. The Balaban J connectivity index is 3.06. The molecule has 0 rings (SSSR count). The van der Waals surface area contributed by atoms with Crippen LogP contribution in [0.1, 0.15) is 231 Å². The van der Waals surface area contributed by atoms with E-state index in [4.69, 9.17) is 9.79 Å². The fourth-order valence-electron chi connectivity index (χ4n) is 6.56. The van der Waals surface area contributed by atoms with Gasteiger partial charge in [-0.15, -0.1) is 0 Å². The lowest BCUT2D eigenvalue weighted by molar-refractivity contribution is 0.370. The number of hydrogen-bond donors (Lipinski definition) is 2. The Morgan fingerprint density at radius 2 is 0.511 bits per heavy atom. The van der Waals surface area contributed by atoms with Gasteiger partial charge in [0.15, 0.2) is 0 Å². The molecule has 0 unspecified atom stereocenters. The highest BCUT2D eigenvalue weighted by Gasteiger charge is 2.10. The van der Waals surface area contributed by atoms with Gasteiger partial charge in [-0.25, -0.2) is 9.79 Å². The first-order valence-electron chi connectivity index (χ1n) is 20.1. The molecule has 0 aromatic carbocycles. The van der Waals surface area contributed by atoms with Crippen LogP contribution in [0, 0.1) is 0 Å². The van der Waals surface area contributed by atoms with Gasteiger partial charge in [-0.05, 0) is 12.8 Å². The van der Waals surface area contributed by atoms with Crippen LogP contribution in [-0.4, -0.2) is 28.6 Å². The van der Waals surface area contributed by atoms with Crippen molar-refractivity contribution < 1.29 is 19.1 Å². The SMILES string of the molecule is O=C=NCCCCCCCCCCCCCCCCCCCCCCCCCCCCCCCCCCCCCCP(=O)(O)O. The number of carbonyl (C=O) groups excluding carboxylic acids is 1. The molecule has 0 bridgehead atoms. The topological polar surface area (TPSA) is 87.0 Å². The van der Waals surface area contributed by atoms with Gasteiger partial charge in [0.2, 0.25) is 6.08 Å². The summed E-state index contributed by atoms with van der Waals surface area (Å²) in [6.07, 6.45) is 50.3. The van der Waals surface area contributed by atoms with Crippen LogP contribution in [0.3, 0.4) is 0 Å². The van der Waals surface area contributed by atoms with Crippen LogP contribution in [0.2, 0.25) is 0 Å². The Kier molecular flexibility index (Phi) is 37.6. The first-order valence-corrected chi connectivity index (χ1v) is 21.9. The predicted octanol–water partition coefficient (Wildman–Crippen LogP) is 13.5. The summed E-state index contributed by atoms with van der Waals surface area (Å²) in [6, 6.07) is 0. The zero-order valence-corrected chi connectivity index (χ0v) is 30.9.